The maximum absolute atomic E-state index is 12.8. The Hall–Kier alpha value is -2.04. The van der Waals surface area contributed by atoms with Gasteiger partial charge >= 0.3 is 0 Å². The highest BCUT2D eigenvalue weighted by molar-refractivity contribution is 5.95. The standard InChI is InChI=1S/C19H22N2O2.ClH/c20-12-15-10-11-21(13-15)19(22)18-9-5-4-6-16(18)14-23-17-7-2-1-3-8-17;/h1-9,15H,10-14,20H2;1H. The zero-order chi connectivity index (χ0) is 16.1. The van der Waals surface area contributed by atoms with E-state index in [2.05, 4.69) is 0 Å². The van der Waals surface area contributed by atoms with Gasteiger partial charge in [-0.3, -0.25) is 4.79 Å². The minimum absolute atomic E-state index is 0. The van der Waals surface area contributed by atoms with Crippen molar-refractivity contribution in [3.63, 3.8) is 0 Å². The number of amides is 1. The normalized spacial score (nSPS) is 16.5. The van der Waals surface area contributed by atoms with Crippen molar-refractivity contribution < 1.29 is 9.53 Å². The average molecular weight is 347 g/mol. The van der Waals surface area contributed by atoms with E-state index in [9.17, 15) is 4.79 Å². The number of carbonyl (C=O) groups is 1. The second-order valence-corrected chi connectivity index (χ2v) is 5.90. The molecule has 2 N–H and O–H groups in total. The fourth-order valence-corrected chi connectivity index (χ4v) is 2.91. The molecule has 0 aliphatic carbocycles. The Kier molecular flexibility index (Phi) is 6.64. The summed E-state index contributed by atoms with van der Waals surface area (Å²) in [5, 5.41) is 0. The van der Waals surface area contributed by atoms with Crippen LogP contribution in [0.2, 0.25) is 0 Å². The van der Waals surface area contributed by atoms with Crippen LogP contribution in [0, 0.1) is 5.92 Å². The number of hydrogen-bond acceptors (Lipinski definition) is 3. The van der Waals surface area contributed by atoms with E-state index >= 15 is 0 Å². The quantitative estimate of drug-likeness (QED) is 0.905. The topological polar surface area (TPSA) is 55.6 Å². The van der Waals surface area contributed by atoms with Crippen LogP contribution in [0.5, 0.6) is 5.75 Å². The Morgan fingerprint density at radius 1 is 1.12 bits per heavy atom. The van der Waals surface area contributed by atoms with Crippen LogP contribution < -0.4 is 10.5 Å². The van der Waals surface area contributed by atoms with E-state index in [4.69, 9.17) is 10.5 Å². The van der Waals surface area contributed by atoms with Crippen molar-refractivity contribution in [1.29, 1.82) is 0 Å². The molecular formula is C19H23ClN2O2. The van der Waals surface area contributed by atoms with Gasteiger partial charge in [0.15, 0.2) is 0 Å². The third-order valence-electron chi connectivity index (χ3n) is 4.29. The maximum atomic E-state index is 12.8. The van der Waals surface area contributed by atoms with E-state index in [0.29, 0.717) is 19.1 Å². The number of hydrogen-bond donors (Lipinski definition) is 1. The molecule has 3 rings (SSSR count). The first-order valence-corrected chi connectivity index (χ1v) is 8.03. The minimum Gasteiger partial charge on any atom is -0.489 e. The zero-order valence-electron chi connectivity index (χ0n) is 13.6. The summed E-state index contributed by atoms with van der Waals surface area (Å²) in [6.07, 6.45) is 0.991. The summed E-state index contributed by atoms with van der Waals surface area (Å²) < 4.78 is 5.80. The van der Waals surface area contributed by atoms with E-state index in [1.807, 2.05) is 59.5 Å². The van der Waals surface area contributed by atoms with Crippen LogP contribution in [0.4, 0.5) is 0 Å². The van der Waals surface area contributed by atoms with Gasteiger partial charge in [-0.25, -0.2) is 0 Å². The second-order valence-electron chi connectivity index (χ2n) is 5.90. The first-order chi connectivity index (χ1) is 11.3. The minimum atomic E-state index is 0. The Labute approximate surface area is 149 Å². The van der Waals surface area contributed by atoms with Gasteiger partial charge in [0.1, 0.15) is 12.4 Å². The highest BCUT2D eigenvalue weighted by Crippen LogP contribution is 2.21. The number of likely N-dealkylation sites (tertiary alicyclic amines) is 1. The number of benzene rings is 2. The summed E-state index contributed by atoms with van der Waals surface area (Å²) in [7, 11) is 0. The molecule has 1 unspecified atom stereocenters. The maximum Gasteiger partial charge on any atom is 0.254 e. The van der Waals surface area contributed by atoms with Gasteiger partial charge in [-0.15, -0.1) is 12.4 Å². The molecule has 0 radical (unpaired) electrons. The van der Waals surface area contributed by atoms with Crippen molar-refractivity contribution in [2.45, 2.75) is 13.0 Å². The van der Waals surface area contributed by atoms with Crippen LogP contribution >= 0.6 is 12.4 Å². The SMILES string of the molecule is Cl.NCC1CCN(C(=O)c2ccccc2COc2ccccc2)C1. The Morgan fingerprint density at radius 3 is 2.54 bits per heavy atom. The Morgan fingerprint density at radius 2 is 1.83 bits per heavy atom. The second kappa shape index (κ2) is 8.71. The van der Waals surface area contributed by atoms with Crippen LogP contribution in [-0.2, 0) is 6.61 Å². The van der Waals surface area contributed by atoms with E-state index in [1.54, 1.807) is 0 Å². The van der Waals surface area contributed by atoms with Gasteiger partial charge in [0, 0.05) is 24.2 Å². The van der Waals surface area contributed by atoms with Gasteiger partial charge in [0.05, 0.1) is 0 Å². The van der Waals surface area contributed by atoms with E-state index < -0.39 is 0 Å². The molecule has 1 atom stereocenters. The predicted octanol–water partition coefficient (Wildman–Crippen LogP) is 3.11. The lowest BCUT2D eigenvalue weighted by Gasteiger charge is -2.18. The summed E-state index contributed by atoms with van der Waals surface area (Å²) in [5.74, 6) is 1.30. The number of nitrogens with two attached hydrogens (primary N) is 1. The van der Waals surface area contributed by atoms with E-state index in [0.717, 1.165) is 36.4 Å². The highest BCUT2D eigenvalue weighted by atomic mass is 35.5. The number of carbonyl (C=O) groups excluding carboxylic acids is 1. The molecule has 1 heterocycles. The van der Waals surface area contributed by atoms with Crippen LogP contribution in [0.1, 0.15) is 22.3 Å². The number of halogens is 1. The van der Waals surface area contributed by atoms with Gasteiger partial charge in [-0.2, -0.15) is 0 Å². The van der Waals surface area contributed by atoms with Crippen LogP contribution in [0.15, 0.2) is 54.6 Å². The molecule has 0 bridgehead atoms. The number of ether oxygens (including phenoxy) is 1. The smallest absolute Gasteiger partial charge is 0.254 e. The molecule has 24 heavy (non-hydrogen) atoms. The number of nitrogens with zero attached hydrogens (tertiary/aromatic N) is 1. The summed E-state index contributed by atoms with van der Waals surface area (Å²) in [4.78, 5) is 14.7. The average Bonchev–Trinajstić information content (AvgIpc) is 3.10. The van der Waals surface area contributed by atoms with Crippen molar-refractivity contribution in [2.75, 3.05) is 19.6 Å². The number of para-hydroxylation sites is 1. The molecule has 2 aromatic carbocycles. The van der Waals surface area contributed by atoms with Gasteiger partial charge in [-0.1, -0.05) is 36.4 Å². The summed E-state index contributed by atoms with van der Waals surface area (Å²) in [6.45, 7) is 2.57. The molecule has 2 aromatic rings. The molecule has 0 spiro atoms. The van der Waals surface area contributed by atoms with Crippen LogP contribution in [0.3, 0.4) is 0 Å². The van der Waals surface area contributed by atoms with Crippen LogP contribution in [-0.4, -0.2) is 30.4 Å². The predicted molar refractivity (Wildman–Crippen MR) is 97.5 cm³/mol. The largest absolute Gasteiger partial charge is 0.489 e. The lowest BCUT2D eigenvalue weighted by atomic mass is 10.1. The van der Waals surface area contributed by atoms with Crippen molar-refractivity contribution in [1.82, 2.24) is 4.90 Å². The fraction of sp³-hybridized carbons (Fsp3) is 0.316. The molecule has 1 fully saturated rings. The highest BCUT2D eigenvalue weighted by Gasteiger charge is 2.27. The molecule has 1 amide bonds. The Balaban J connectivity index is 0.00000208. The van der Waals surface area contributed by atoms with Gasteiger partial charge < -0.3 is 15.4 Å². The van der Waals surface area contributed by atoms with Crippen LogP contribution in [0.25, 0.3) is 0 Å². The summed E-state index contributed by atoms with van der Waals surface area (Å²) in [6, 6.07) is 17.3. The third-order valence-corrected chi connectivity index (χ3v) is 4.29. The lowest BCUT2D eigenvalue weighted by molar-refractivity contribution is 0.0785. The first kappa shape index (κ1) is 18.3. The third kappa shape index (κ3) is 4.28. The molecule has 128 valence electrons. The van der Waals surface area contributed by atoms with Crippen molar-refractivity contribution in [2.24, 2.45) is 11.7 Å². The monoisotopic (exact) mass is 346 g/mol. The van der Waals surface area contributed by atoms with Crippen molar-refractivity contribution in [3.8, 4) is 5.75 Å². The molecule has 1 saturated heterocycles. The van der Waals surface area contributed by atoms with Crippen molar-refractivity contribution >= 4 is 18.3 Å². The Bertz CT molecular complexity index is 663. The van der Waals surface area contributed by atoms with Gasteiger partial charge in [0.25, 0.3) is 5.91 Å². The summed E-state index contributed by atoms with van der Waals surface area (Å²) >= 11 is 0. The van der Waals surface area contributed by atoms with Gasteiger partial charge in [-0.05, 0) is 37.1 Å². The molecule has 5 heteroatoms. The molecular weight excluding hydrogens is 324 g/mol. The van der Waals surface area contributed by atoms with Gasteiger partial charge in [0.2, 0.25) is 0 Å². The van der Waals surface area contributed by atoms with E-state index in [1.165, 1.54) is 0 Å². The molecule has 1 aliphatic rings. The molecule has 0 saturated carbocycles. The lowest BCUT2D eigenvalue weighted by Crippen LogP contribution is -2.30. The number of rotatable bonds is 5. The molecule has 1 aliphatic heterocycles. The van der Waals surface area contributed by atoms with E-state index in [-0.39, 0.29) is 18.3 Å². The zero-order valence-corrected chi connectivity index (χ0v) is 14.4. The summed E-state index contributed by atoms with van der Waals surface area (Å²) in [5.41, 5.74) is 7.36. The van der Waals surface area contributed by atoms with Crippen molar-refractivity contribution in [3.05, 3.63) is 65.7 Å². The fourth-order valence-electron chi connectivity index (χ4n) is 2.91. The molecule has 0 aromatic heterocycles. The molecule has 4 nitrogen and oxygen atoms in total. The first-order valence-electron chi connectivity index (χ1n) is 8.03.